The first-order valence-electron chi connectivity index (χ1n) is 15.0. The van der Waals surface area contributed by atoms with Crippen LogP contribution in [-0.4, -0.2) is 59.9 Å². The monoisotopic (exact) mass is 620 g/mol. The second-order valence-corrected chi connectivity index (χ2v) is 12.8. The number of Topliss-reactive ketones (excluding diaryl/α,β-unsaturated/α-hetero) is 2. The summed E-state index contributed by atoms with van der Waals surface area (Å²) in [5, 5.41) is 0. The molecule has 1 saturated carbocycles. The number of rotatable bonds is 6. The molecule has 10 nitrogen and oxygen atoms in total. The predicted molar refractivity (Wildman–Crippen MR) is 162 cm³/mol. The van der Waals surface area contributed by atoms with Crippen LogP contribution in [0.4, 0.5) is 0 Å². The van der Waals surface area contributed by atoms with Crippen LogP contribution < -0.4 is 0 Å². The number of ketones is 2. The lowest BCUT2D eigenvalue weighted by atomic mass is 9.57. The zero-order valence-corrected chi connectivity index (χ0v) is 26.7. The van der Waals surface area contributed by atoms with Gasteiger partial charge in [0, 0.05) is 50.2 Å². The fourth-order valence-corrected chi connectivity index (χ4v) is 6.98. The molecule has 1 aromatic rings. The standard InChI is InChI=1S/C35H40O10/c1-19-26(42-20(2)36)16-25-28(43-21(3)37)15-24-18-35(7,33(41)32(40)31(19)34(25,5)6)29(44-22(4)38)17-27(24)45-30(39)14-13-23-11-9-8-10-12-23/h8-15,25-29H,16-18H2,1-7H3. The normalized spacial score (nSPS) is 29.4. The van der Waals surface area contributed by atoms with Crippen molar-refractivity contribution >= 4 is 41.5 Å². The third kappa shape index (κ3) is 7.00. The van der Waals surface area contributed by atoms with E-state index in [2.05, 4.69) is 0 Å². The van der Waals surface area contributed by atoms with Gasteiger partial charge in [0.2, 0.25) is 11.6 Å². The van der Waals surface area contributed by atoms with E-state index in [1.807, 2.05) is 30.3 Å². The molecule has 6 atom stereocenters. The summed E-state index contributed by atoms with van der Waals surface area (Å²) in [4.78, 5) is 78.4. The van der Waals surface area contributed by atoms with Crippen molar-refractivity contribution in [3.05, 3.63) is 64.8 Å². The van der Waals surface area contributed by atoms with Gasteiger partial charge in [-0.15, -0.1) is 0 Å². The van der Waals surface area contributed by atoms with Gasteiger partial charge in [0.25, 0.3) is 0 Å². The van der Waals surface area contributed by atoms with Crippen LogP contribution in [0.15, 0.2) is 59.2 Å². The molecule has 0 N–H and O–H groups in total. The van der Waals surface area contributed by atoms with E-state index in [0.29, 0.717) is 11.1 Å². The van der Waals surface area contributed by atoms with Crippen LogP contribution >= 0.6 is 0 Å². The van der Waals surface area contributed by atoms with Gasteiger partial charge in [-0.1, -0.05) is 44.2 Å². The summed E-state index contributed by atoms with van der Waals surface area (Å²) >= 11 is 0. The Balaban J connectivity index is 1.88. The number of hydrogen-bond donors (Lipinski definition) is 0. The maximum absolute atomic E-state index is 14.3. The number of ether oxygens (including phenoxy) is 4. The molecule has 0 heterocycles. The summed E-state index contributed by atoms with van der Waals surface area (Å²) in [6.45, 7) is 10.5. The van der Waals surface area contributed by atoms with Gasteiger partial charge in [0.15, 0.2) is 0 Å². The fraction of sp³-hybridized carbons (Fsp3) is 0.486. The van der Waals surface area contributed by atoms with Crippen molar-refractivity contribution in [2.45, 2.75) is 92.1 Å². The number of fused-ring (bicyclic) bond motifs is 4. The van der Waals surface area contributed by atoms with Crippen molar-refractivity contribution in [1.29, 1.82) is 0 Å². The molecule has 240 valence electrons. The Bertz CT molecular complexity index is 1500. The number of carbonyl (C=O) groups excluding carboxylic acids is 6. The smallest absolute Gasteiger partial charge is 0.331 e. The number of esters is 4. The highest BCUT2D eigenvalue weighted by molar-refractivity contribution is 6.45. The zero-order chi connectivity index (χ0) is 33.3. The van der Waals surface area contributed by atoms with Gasteiger partial charge in [0.1, 0.15) is 24.4 Å². The third-order valence-electron chi connectivity index (χ3n) is 9.16. The van der Waals surface area contributed by atoms with Gasteiger partial charge in [0.05, 0.1) is 5.41 Å². The molecule has 4 rings (SSSR count). The lowest BCUT2D eigenvalue weighted by Gasteiger charge is -2.49. The number of carbonyl (C=O) groups is 6. The Morgan fingerprint density at radius 1 is 0.822 bits per heavy atom. The predicted octanol–water partition coefficient (Wildman–Crippen LogP) is 4.65. The van der Waals surface area contributed by atoms with Crippen LogP contribution in [0.1, 0.15) is 73.3 Å². The van der Waals surface area contributed by atoms with Crippen molar-refractivity contribution in [2.24, 2.45) is 16.7 Å². The van der Waals surface area contributed by atoms with Gasteiger partial charge in [-0.25, -0.2) is 4.79 Å². The van der Waals surface area contributed by atoms with Crippen molar-refractivity contribution in [1.82, 2.24) is 0 Å². The second kappa shape index (κ2) is 12.9. The maximum Gasteiger partial charge on any atom is 0.331 e. The molecule has 0 radical (unpaired) electrons. The lowest BCUT2D eigenvalue weighted by molar-refractivity contribution is -0.168. The van der Waals surface area contributed by atoms with Crippen molar-refractivity contribution in [3.63, 3.8) is 0 Å². The van der Waals surface area contributed by atoms with Gasteiger partial charge in [-0.05, 0) is 55.6 Å². The van der Waals surface area contributed by atoms with E-state index in [1.54, 1.807) is 39.8 Å². The molecule has 3 aliphatic rings. The molecule has 1 fully saturated rings. The van der Waals surface area contributed by atoms with Gasteiger partial charge in [-0.2, -0.15) is 0 Å². The molecular weight excluding hydrogens is 580 g/mol. The Labute approximate surface area is 262 Å². The molecule has 0 amide bonds. The SMILES string of the molecule is CC(=O)OC1CC2C(OC(C)=O)C=C3CC(C)(C(=O)C(=O)C(=C1C)C2(C)C)C(OC(C)=O)CC3OC(=O)C=Cc1ccccc1. The van der Waals surface area contributed by atoms with Crippen LogP contribution in [0, 0.1) is 16.7 Å². The Kier molecular flexibility index (Phi) is 9.65. The molecule has 6 unspecified atom stereocenters. The van der Waals surface area contributed by atoms with Crippen molar-refractivity contribution in [3.8, 4) is 0 Å². The molecule has 1 aromatic carbocycles. The minimum absolute atomic E-state index is 0.0964. The number of allylic oxidation sites excluding steroid dienone is 1. The highest BCUT2D eigenvalue weighted by atomic mass is 16.6. The quantitative estimate of drug-likeness (QED) is 0.145. The highest BCUT2D eigenvalue weighted by Gasteiger charge is 2.57. The zero-order valence-electron chi connectivity index (χ0n) is 26.7. The molecule has 0 aromatic heterocycles. The summed E-state index contributed by atoms with van der Waals surface area (Å²) in [6.07, 6.45) is 0.701. The van der Waals surface area contributed by atoms with Crippen molar-refractivity contribution in [2.75, 3.05) is 0 Å². The maximum atomic E-state index is 14.3. The Hall–Kier alpha value is -4.34. The lowest BCUT2D eigenvalue weighted by Crippen LogP contribution is -2.55. The van der Waals surface area contributed by atoms with Gasteiger partial charge in [-0.3, -0.25) is 24.0 Å². The van der Waals surface area contributed by atoms with E-state index in [0.717, 1.165) is 5.56 Å². The van der Waals surface area contributed by atoms with E-state index >= 15 is 0 Å². The largest absolute Gasteiger partial charge is 0.461 e. The fourth-order valence-electron chi connectivity index (χ4n) is 6.98. The molecule has 10 heteroatoms. The molecule has 0 aliphatic heterocycles. The molecule has 0 spiro atoms. The molecule has 0 saturated heterocycles. The summed E-state index contributed by atoms with van der Waals surface area (Å²) in [5.41, 5.74) is -0.717. The minimum Gasteiger partial charge on any atom is -0.461 e. The first kappa shape index (κ1) is 33.6. The van der Waals surface area contributed by atoms with E-state index < -0.39 is 76.6 Å². The van der Waals surface area contributed by atoms with E-state index in [1.165, 1.54) is 26.8 Å². The summed E-state index contributed by atoms with van der Waals surface area (Å²) < 4.78 is 23.0. The van der Waals surface area contributed by atoms with Crippen LogP contribution in [-0.2, 0) is 47.7 Å². The van der Waals surface area contributed by atoms with Gasteiger partial charge < -0.3 is 18.9 Å². The van der Waals surface area contributed by atoms with E-state index in [4.69, 9.17) is 18.9 Å². The van der Waals surface area contributed by atoms with Crippen LogP contribution in [0.25, 0.3) is 6.08 Å². The first-order valence-corrected chi connectivity index (χ1v) is 15.0. The molecule has 4 bridgehead atoms. The van der Waals surface area contributed by atoms with Crippen LogP contribution in [0.5, 0.6) is 0 Å². The number of benzene rings is 1. The molecule has 45 heavy (non-hydrogen) atoms. The van der Waals surface area contributed by atoms with Crippen LogP contribution in [0.3, 0.4) is 0 Å². The summed E-state index contributed by atoms with van der Waals surface area (Å²) in [6, 6.07) is 9.15. The topological polar surface area (TPSA) is 139 Å². The molecular formula is C35H40O10. The third-order valence-corrected chi connectivity index (χ3v) is 9.16. The second-order valence-electron chi connectivity index (χ2n) is 12.8. The van der Waals surface area contributed by atoms with E-state index in [9.17, 15) is 28.8 Å². The first-order chi connectivity index (χ1) is 21.0. The molecule has 3 aliphatic carbocycles. The van der Waals surface area contributed by atoms with Crippen LogP contribution in [0.2, 0.25) is 0 Å². The van der Waals surface area contributed by atoms with Crippen molar-refractivity contribution < 1.29 is 47.7 Å². The highest BCUT2D eigenvalue weighted by Crippen LogP contribution is 2.52. The average Bonchev–Trinajstić information content (AvgIpc) is 2.94. The van der Waals surface area contributed by atoms with E-state index in [-0.39, 0.29) is 24.8 Å². The Morgan fingerprint density at radius 3 is 2.04 bits per heavy atom. The summed E-state index contributed by atoms with van der Waals surface area (Å²) in [5.74, 6) is -4.65. The average molecular weight is 621 g/mol. The minimum atomic E-state index is -1.54. The number of hydrogen-bond acceptors (Lipinski definition) is 10. The van der Waals surface area contributed by atoms with Gasteiger partial charge >= 0.3 is 23.9 Å². The Morgan fingerprint density at radius 2 is 1.44 bits per heavy atom. The summed E-state index contributed by atoms with van der Waals surface area (Å²) in [7, 11) is 0.